The number of pyridine rings is 1. The zero-order valence-corrected chi connectivity index (χ0v) is 14.3. The Bertz CT molecular complexity index is 703. The lowest BCUT2D eigenvalue weighted by Gasteiger charge is -2.29. The number of piperazine rings is 1. The maximum absolute atomic E-state index is 6.27. The van der Waals surface area contributed by atoms with Crippen LogP contribution >= 0.6 is 11.6 Å². The molecule has 1 aromatic heterocycles. The Hall–Kier alpha value is -1.82. The minimum atomic E-state index is 0.328. The predicted molar refractivity (Wildman–Crippen MR) is 91.3 cm³/mol. The molecule has 1 fully saturated rings. The van der Waals surface area contributed by atoms with Crippen LogP contribution in [0.2, 0.25) is 5.02 Å². The highest BCUT2D eigenvalue weighted by atomic mass is 35.5. The number of ether oxygens (including phenoxy) is 2. The van der Waals surface area contributed by atoms with Crippen LogP contribution in [0.5, 0.6) is 5.75 Å². The van der Waals surface area contributed by atoms with E-state index in [2.05, 4.69) is 22.0 Å². The Labute approximate surface area is 146 Å². The van der Waals surface area contributed by atoms with Gasteiger partial charge in [0.2, 0.25) is 0 Å². The number of nitrogens with one attached hydrogen (secondary N) is 2. The van der Waals surface area contributed by atoms with Crippen LogP contribution in [-0.4, -0.2) is 33.0 Å². The molecule has 6 heteroatoms. The first-order valence-corrected chi connectivity index (χ1v) is 8.74. The minimum Gasteiger partial charge on any atom is -0.467 e. The summed E-state index contributed by atoms with van der Waals surface area (Å²) >= 11 is 6.27. The van der Waals surface area contributed by atoms with Crippen molar-refractivity contribution in [1.82, 2.24) is 0 Å². The van der Waals surface area contributed by atoms with Crippen LogP contribution in [0.3, 0.4) is 0 Å². The van der Waals surface area contributed by atoms with Gasteiger partial charge in [0.1, 0.15) is 38.5 Å². The quantitative estimate of drug-likeness (QED) is 0.898. The van der Waals surface area contributed by atoms with E-state index >= 15 is 0 Å². The number of aromatic amines is 1. The van der Waals surface area contributed by atoms with Crippen LogP contribution in [0.1, 0.15) is 11.1 Å². The van der Waals surface area contributed by atoms with Crippen LogP contribution in [-0.2, 0) is 17.9 Å². The molecule has 0 spiro atoms. The van der Waals surface area contributed by atoms with Gasteiger partial charge in [0.15, 0.2) is 6.79 Å². The molecule has 3 heterocycles. The molecule has 2 aliphatic heterocycles. The summed E-state index contributed by atoms with van der Waals surface area (Å²) in [4.78, 5) is 7.28. The number of rotatable bonds is 3. The molecule has 1 aromatic carbocycles. The van der Waals surface area contributed by atoms with Crippen LogP contribution in [0.25, 0.3) is 0 Å². The number of H-pyrrole nitrogens is 1. The molecule has 2 N–H and O–H groups in total. The number of fused-ring (bicyclic) bond motifs is 1. The third kappa shape index (κ3) is 3.34. The lowest BCUT2D eigenvalue weighted by Crippen LogP contribution is -3.13. The second-order valence-electron chi connectivity index (χ2n) is 6.33. The van der Waals surface area contributed by atoms with Gasteiger partial charge in [0.25, 0.3) is 5.82 Å². The van der Waals surface area contributed by atoms with Gasteiger partial charge in [-0.1, -0.05) is 17.7 Å². The van der Waals surface area contributed by atoms with Crippen LogP contribution in [0.15, 0.2) is 36.5 Å². The summed E-state index contributed by atoms with van der Waals surface area (Å²) in [5.41, 5.74) is 2.25. The number of benzene rings is 1. The van der Waals surface area contributed by atoms with Gasteiger partial charge in [-0.3, -0.25) is 4.90 Å². The first-order chi connectivity index (χ1) is 11.8. The molecule has 0 amide bonds. The van der Waals surface area contributed by atoms with E-state index in [0.717, 1.165) is 49.1 Å². The SMILES string of the molecule is Clc1cc2c(c(C[NH+]3CCN(c4cccc[nH+]4)CC3)c1)OCOC2. The van der Waals surface area contributed by atoms with Crippen LogP contribution in [0, 0.1) is 0 Å². The predicted octanol–water partition coefficient (Wildman–Crippen LogP) is 0.926. The standard InChI is InChI=1S/C18H20ClN3O2/c19-16-9-14(18-15(10-16)12-23-13-24-18)11-21-5-7-22(8-6-21)17-3-1-2-4-20-17/h1-4,9-10H,5-8,11-13H2/p+2. The van der Waals surface area contributed by atoms with Crippen molar-refractivity contribution < 1.29 is 19.4 Å². The average Bonchev–Trinajstić information content (AvgIpc) is 2.63. The van der Waals surface area contributed by atoms with Gasteiger partial charge in [0, 0.05) is 16.7 Å². The number of anilines is 1. The van der Waals surface area contributed by atoms with Gasteiger partial charge in [-0.05, 0) is 18.2 Å². The lowest BCUT2D eigenvalue weighted by atomic mass is 10.1. The summed E-state index contributed by atoms with van der Waals surface area (Å²) in [6.45, 7) is 6.13. The Morgan fingerprint density at radius 3 is 2.88 bits per heavy atom. The zero-order valence-electron chi connectivity index (χ0n) is 13.6. The van der Waals surface area contributed by atoms with Gasteiger partial charge in [-0.15, -0.1) is 0 Å². The largest absolute Gasteiger partial charge is 0.467 e. The maximum atomic E-state index is 6.27. The zero-order chi connectivity index (χ0) is 16.4. The molecule has 0 radical (unpaired) electrons. The molecule has 4 rings (SSSR count). The van der Waals surface area contributed by atoms with E-state index in [-0.39, 0.29) is 0 Å². The highest BCUT2D eigenvalue weighted by Gasteiger charge is 2.27. The molecule has 2 aliphatic rings. The lowest BCUT2D eigenvalue weighted by molar-refractivity contribution is -0.914. The second kappa shape index (κ2) is 6.97. The summed E-state index contributed by atoms with van der Waals surface area (Å²) in [6, 6.07) is 10.2. The fourth-order valence-electron chi connectivity index (χ4n) is 3.48. The minimum absolute atomic E-state index is 0.328. The Kier molecular flexibility index (Phi) is 4.56. The topological polar surface area (TPSA) is 40.3 Å². The van der Waals surface area contributed by atoms with Crippen molar-refractivity contribution >= 4 is 17.4 Å². The molecule has 5 nitrogen and oxygen atoms in total. The number of nitrogens with zero attached hydrogens (tertiary/aromatic N) is 1. The molecule has 0 bridgehead atoms. The summed E-state index contributed by atoms with van der Waals surface area (Å²) in [6.07, 6.45) is 1.98. The summed E-state index contributed by atoms with van der Waals surface area (Å²) in [7, 11) is 0. The van der Waals surface area contributed by atoms with E-state index in [1.54, 1.807) is 4.90 Å². The van der Waals surface area contributed by atoms with Crippen molar-refractivity contribution in [3.63, 3.8) is 0 Å². The number of quaternary nitrogens is 1. The smallest absolute Gasteiger partial charge is 0.274 e. The average molecular weight is 348 g/mol. The molecule has 0 atom stereocenters. The Balaban J connectivity index is 1.43. The molecular weight excluding hydrogens is 326 g/mol. The van der Waals surface area contributed by atoms with Gasteiger partial charge < -0.3 is 14.4 Å². The third-order valence-corrected chi connectivity index (χ3v) is 4.91. The van der Waals surface area contributed by atoms with E-state index in [0.29, 0.717) is 13.4 Å². The summed E-state index contributed by atoms with van der Waals surface area (Å²) in [5.74, 6) is 2.16. The fraction of sp³-hybridized carbons (Fsp3) is 0.389. The maximum Gasteiger partial charge on any atom is 0.274 e. The van der Waals surface area contributed by atoms with Crippen molar-refractivity contribution in [2.45, 2.75) is 13.2 Å². The van der Waals surface area contributed by atoms with Crippen molar-refractivity contribution in [2.75, 3.05) is 37.9 Å². The molecule has 0 saturated carbocycles. The summed E-state index contributed by atoms with van der Waals surface area (Å²) < 4.78 is 11.1. The first-order valence-electron chi connectivity index (χ1n) is 8.37. The van der Waals surface area contributed by atoms with E-state index in [4.69, 9.17) is 21.1 Å². The number of halogens is 1. The highest BCUT2D eigenvalue weighted by molar-refractivity contribution is 6.30. The second-order valence-corrected chi connectivity index (χ2v) is 6.76. The fourth-order valence-corrected chi connectivity index (χ4v) is 3.74. The molecule has 0 unspecified atom stereocenters. The van der Waals surface area contributed by atoms with Crippen molar-refractivity contribution in [1.29, 1.82) is 0 Å². The van der Waals surface area contributed by atoms with Crippen molar-refractivity contribution in [3.05, 3.63) is 52.7 Å². The Morgan fingerprint density at radius 1 is 1.21 bits per heavy atom. The van der Waals surface area contributed by atoms with E-state index < -0.39 is 0 Å². The highest BCUT2D eigenvalue weighted by Crippen LogP contribution is 2.31. The van der Waals surface area contributed by atoms with Crippen molar-refractivity contribution in [3.8, 4) is 5.75 Å². The molecule has 0 aliphatic carbocycles. The molecule has 2 aromatic rings. The first kappa shape index (κ1) is 15.7. The van der Waals surface area contributed by atoms with Gasteiger partial charge in [-0.25, -0.2) is 4.98 Å². The van der Waals surface area contributed by atoms with E-state index in [9.17, 15) is 0 Å². The van der Waals surface area contributed by atoms with E-state index in [1.807, 2.05) is 24.4 Å². The van der Waals surface area contributed by atoms with Crippen LogP contribution < -0.4 is 19.5 Å². The summed E-state index contributed by atoms with van der Waals surface area (Å²) in [5, 5.41) is 0.759. The molecule has 126 valence electrons. The number of hydrogen-bond acceptors (Lipinski definition) is 3. The van der Waals surface area contributed by atoms with E-state index in [1.165, 1.54) is 11.4 Å². The van der Waals surface area contributed by atoms with Gasteiger partial charge in [0.05, 0.1) is 18.4 Å². The number of aromatic nitrogens is 1. The van der Waals surface area contributed by atoms with Gasteiger partial charge >= 0.3 is 0 Å². The van der Waals surface area contributed by atoms with Gasteiger partial charge in [-0.2, -0.15) is 0 Å². The number of hydrogen-bond donors (Lipinski definition) is 1. The molecule has 1 saturated heterocycles. The molecular formula is C18H22ClN3O2+2. The third-order valence-electron chi connectivity index (χ3n) is 4.70. The Morgan fingerprint density at radius 2 is 2.08 bits per heavy atom. The van der Waals surface area contributed by atoms with Crippen LogP contribution in [0.4, 0.5) is 5.82 Å². The normalized spacial score (nSPS) is 18.1. The molecule has 24 heavy (non-hydrogen) atoms. The monoisotopic (exact) mass is 347 g/mol. The van der Waals surface area contributed by atoms with Crippen molar-refractivity contribution in [2.24, 2.45) is 0 Å².